The van der Waals surface area contributed by atoms with Gasteiger partial charge in [0, 0.05) is 48.2 Å². The lowest BCUT2D eigenvalue weighted by atomic mass is 9.97. The molecule has 308 valence electrons. The van der Waals surface area contributed by atoms with Crippen LogP contribution < -0.4 is 9.44 Å². The molecule has 0 aliphatic heterocycles. The average Bonchev–Trinajstić information content (AvgIpc) is 3.13. The molecule has 0 heterocycles. The number of nitrogens with zero attached hydrogens (tertiary/aromatic N) is 2. The second-order valence-electron chi connectivity index (χ2n) is 13.8. The van der Waals surface area contributed by atoms with Crippen LogP contribution in [0.25, 0.3) is 0 Å². The summed E-state index contributed by atoms with van der Waals surface area (Å²) in [6.07, 6.45) is 0.738. The summed E-state index contributed by atoms with van der Waals surface area (Å²) in [4.78, 5) is 21.7. The molecule has 4 aromatic rings. The number of hydrogen-bond acceptors (Lipinski definition) is 8. The molecule has 0 saturated heterocycles. The zero-order valence-electron chi connectivity index (χ0n) is 34.8. The highest BCUT2D eigenvalue weighted by Gasteiger charge is 2.23. The van der Waals surface area contributed by atoms with Gasteiger partial charge in [-0.1, -0.05) is 116 Å². The lowest BCUT2D eigenvalue weighted by Gasteiger charge is -2.11. The van der Waals surface area contributed by atoms with Crippen LogP contribution in [0.15, 0.2) is 94.7 Å². The van der Waals surface area contributed by atoms with Gasteiger partial charge in [0.05, 0.1) is 19.6 Å². The van der Waals surface area contributed by atoms with E-state index in [0.29, 0.717) is 35.8 Å². The summed E-state index contributed by atoms with van der Waals surface area (Å²) >= 11 is 0. The lowest BCUT2D eigenvalue weighted by molar-refractivity contribution is -0.385. The van der Waals surface area contributed by atoms with Crippen LogP contribution in [0.4, 0.5) is 11.4 Å². The Bertz CT molecular complexity index is 2100. The van der Waals surface area contributed by atoms with Gasteiger partial charge < -0.3 is 0 Å². The van der Waals surface area contributed by atoms with Crippen LogP contribution in [0.5, 0.6) is 0 Å². The molecule has 56 heavy (non-hydrogen) atoms. The molecule has 0 bridgehead atoms. The number of hydrogen-bond donors (Lipinski definition) is 2. The fourth-order valence-corrected chi connectivity index (χ4v) is 7.88. The summed E-state index contributed by atoms with van der Waals surface area (Å²) in [5, 5.41) is 22.9. The Morgan fingerprint density at radius 2 is 0.911 bits per heavy atom. The minimum Gasteiger partial charge on any atom is -0.258 e. The first-order chi connectivity index (χ1) is 26.2. The molecule has 0 aliphatic rings. The fourth-order valence-electron chi connectivity index (χ4n) is 5.34. The van der Waals surface area contributed by atoms with E-state index in [1.54, 1.807) is 27.7 Å². The molecule has 0 amide bonds. The van der Waals surface area contributed by atoms with Crippen LogP contribution in [0.2, 0.25) is 0 Å². The number of benzene rings is 4. The number of sulfonamides is 2. The van der Waals surface area contributed by atoms with Crippen molar-refractivity contribution in [3.63, 3.8) is 0 Å². The van der Waals surface area contributed by atoms with Gasteiger partial charge in [0.15, 0.2) is 0 Å². The van der Waals surface area contributed by atoms with Crippen LogP contribution in [0.3, 0.4) is 0 Å². The van der Waals surface area contributed by atoms with E-state index >= 15 is 0 Å². The normalized spacial score (nSPS) is 11.3. The molecular formula is C42H60N4O8S2. The third kappa shape index (κ3) is 15.2. The van der Waals surface area contributed by atoms with E-state index in [9.17, 15) is 37.1 Å². The smallest absolute Gasteiger partial charge is 0.258 e. The molecular weight excluding hydrogens is 753 g/mol. The minimum atomic E-state index is -3.78. The first kappa shape index (κ1) is 49.5. The molecule has 0 saturated carbocycles. The fraction of sp³-hybridized carbons (Fsp3) is 0.429. The van der Waals surface area contributed by atoms with E-state index in [1.165, 1.54) is 29.8 Å². The maximum Gasteiger partial charge on any atom is 0.274 e. The van der Waals surface area contributed by atoms with Gasteiger partial charge in [0.2, 0.25) is 20.0 Å². The van der Waals surface area contributed by atoms with Crippen LogP contribution in [0, 0.1) is 20.2 Å². The molecule has 2 N–H and O–H groups in total. The first-order valence-electron chi connectivity index (χ1n) is 19.0. The second-order valence-corrected chi connectivity index (χ2v) is 17.2. The molecule has 0 fully saturated rings. The molecule has 0 radical (unpaired) electrons. The van der Waals surface area contributed by atoms with E-state index in [1.807, 2.05) is 76.2 Å². The number of nitro benzene ring substituents is 2. The van der Waals surface area contributed by atoms with Crippen molar-refractivity contribution in [2.24, 2.45) is 0 Å². The van der Waals surface area contributed by atoms with Crippen LogP contribution >= 0.6 is 0 Å². The van der Waals surface area contributed by atoms with E-state index in [4.69, 9.17) is 0 Å². The van der Waals surface area contributed by atoms with Crippen LogP contribution in [-0.4, -0.2) is 38.8 Å². The third-order valence-corrected chi connectivity index (χ3v) is 11.3. The monoisotopic (exact) mass is 812 g/mol. The van der Waals surface area contributed by atoms with Gasteiger partial charge in [-0.25, -0.2) is 26.3 Å². The predicted octanol–water partition coefficient (Wildman–Crippen LogP) is 10.0. The molecule has 4 aromatic carbocycles. The van der Waals surface area contributed by atoms with Crippen LogP contribution in [-0.2, 0) is 32.9 Å². The molecule has 12 nitrogen and oxygen atoms in total. The highest BCUT2D eigenvalue weighted by Crippen LogP contribution is 2.28. The second kappa shape index (κ2) is 22.9. The summed E-state index contributed by atoms with van der Waals surface area (Å²) in [7, 11) is -7.55. The molecule has 0 atom stereocenters. The van der Waals surface area contributed by atoms with Gasteiger partial charge in [-0.05, 0) is 73.9 Å². The minimum absolute atomic E-state index is 0.0995. The Kier molecular flexibility index (Phi) is 20.3. The summed E-state index contributed by atoms with van der Waals surface area (Å²) in [5.41, 5.74) is 4.84. The van der Waals surface area contributed by atoms with Crippen molar-refractivity contribution in [2.45, 2.75) is 130 Å². The molecule has 14 heteroatoms. The van der Waals surface area contributed by atoms with Crippen molar-refractivity contribution in [3.05, 3.63) is 139 Å². The Balaban J connectivity index is 0.000000514. The molecule has 4 rings (SSSR count). The van der Waals surface area contributed by atoms with Crippen molar-refractivity contribution in [1.29, 1.82) is 0 Å². The Labute approximate surface area is 334 Å². The summed E-state index contributed by atoms with van der Waals surface area (Å²) in [6.45, 7) is 23.2. The zero-order valence-corrected chi connectivity index (χ0v) is 36.4. The van der Waals surface area contributed by atoms with Gasteiger partial charge in [0.1, 0.15) is 0 Å². The standard InChI is InChI=1S/2C19H24N2O4S.2C2H6/c1-13(2)16-7-5-15(6-8-16)11-17-9-10-18(12-19(17)21(22)23)26(24,25)20-14(3)4;1-13(2)16-7-5-6-15(10-16)11-17-8-9-18(12-19(17)21(22)23)26(24,25)20-14(3)4;2*1-2/h2*5-10,12-14,20H,11H2,1-4H3;2*1-2H3. The van der Waals surface area contributed by atoms with Gasteiger partial charge in [-0.2, -0.15) is 0 Å². The number of nitro groups is 2. The van der Waals surface area contributed by atoms with E-state index in [-0.39, 0.29) is 33.2 Å². The lowest BCUT2D eigenvalue weighted by Crippen LogP contribution is -2.30. The molecule has 0 spiro atoms. The average molecular weight is 813 g/mol. The van der Waals surface area contributed by atoms with E-state index < -0.39 is 29.9 Å². The molecule has 0 aromatic heterocycles. The van der Waals surface area contributed by atoms with Crippen LogP contribution in [0.1, 0.15) is 128 Å². The van der Waals surface area contributed by atoms with Gasteiger partial charge in [-0.15, -0.1) is 0 Å². The predicted molar refractivity (Wildman–Crippen MR) is 226 cm³/mol. The highest BCUT2D eigenvalue weighted by molar-refractivity contribution is 7.89. The summed E-state index contributed by atoms with van der Waals surface area (Å²) < 4.78 is 53.9. The highest BCUT2D eigenvalue weighted by atomic mass is 32.2. The largest absolute Gasteiger partial charge is 0.274 e. The van der Waals surface area contributed by atoms with Crippen molar-refractivity contribution in [1.82, 2.24) is 9.44 Å². The Morgan fingerprint density at radius 3 is 1.27 bits per heavy atom. The Hall–Kier alpha value is -4.50. The van der Waals surface area contributed by atoms with Crippen molar-refractivity contribution in [3.8, 4) is 0 Å². The van der Waals surface area contributed by atoms with Crippen molar-refractivity contribution in [2.75, 3.05) is 0 Å². The zero-order chi connectivity index (χ0) is 43.0. The number of rotatable bonds is 14. The summed E-state index contributed by atoms with van der Waals surface area (Å²) in [6, 6.07) is 23.4. The maximum absolute atomic E-state index is 12.3. The van der Waals surface area contributed by atoms with Gasteiger partial charge in [-0.3, -0.25) is 20.2 Å². The first-order valence-corrected chi connectivity index (χ1v) is 21.9. The SMILES string of the molecule is CC.CC.CC(C)NS(=O)(=O)c1ccc(Cc2ccc(C(C)C)cc2)c([N+](=O)[O-])c1.CC(C)NS(=O)(=O)c1ccc(Cc2cccc(C(C)C)c2)c([N+](=O)[O-])c1. The van der Waals surface area contributed by atoms with Crippen molar-refractivity contribution < 1.29 is 26.7 Å². The third-order valence-electron chi connectivity index (χ3n) is 7.96. The topological polar surface area (TPSA) is 179 Å². The quantitative estimate of drug-likeness (QED) is 0.0933. The van der Waals surface area contributed by atoms with Gasteiger partial charge >= 0.3 is 0 Å². The Morgan fingerprint density at radius 1 is 0.518 bits per heavy atom. The molecule has 0 aliphatic carbocycles. The maximum atomic E-state index is 12.3. The molecule has 0 unspecified atom stereocenters. The van der Waals surface area contributed by atoms with E-state index in [0.717, 1.165) is 28.8 Å². The van der Waals surface area contributed by atoms with Crippen molar-refractivity contribution >= 4 is 31.4 Å². The van der Waals surface area contributed by atoms with Gasteiger partial charge in [0.25, 0.3) is 11.4 Å². The number of nitrogens with one attached hydrogen (secondary N) is 2. The summed E-state index contributed by atoms with van der Waals surface area (Å²) in [5.74, 6) is 0.774. The van der Waals surface area contributed by atoms with E-state index in [2.05, 4.69) is 37.1 Å².